The molecule has 0 bridgehead atoms. The Morgan fingerprint density at radius 3 is 0.875 bits per heavy atom. The first-order valence-electron chi connectivity index (χ1n) is 38.0. The summed E-state index contributed by atoms with van der Waals surface area (Å²) in [4.78, 5) is 129. The van der Waals surface area contributed by atoms with Crippen LogP contribution in [0.1, 0.15) is 203 Å². The monoisotopic (exact) mass is 1530 g/mol. The smallest absolute Gasteiger partial charge is 0.335 e. The molecule has 6 heterocycles. The Morgan fingerprint density at radius 1 is 0.312 bits per heavy atom. The highest BCUT2D eigenvalue weighted by Gasteiger charge is 2.26. The van der Waals surface area contributed by atoms with E-state index in [1.54, 1.807) is 44.2 Å². The van der Waals surface area contributed by atoms with Crippen LogP contribution in [0.25, 0.3) is 87.2 Å². The fourth-order valence-corrected chi connectivity index (χ4v) is 17.1. The summed E-state index contributed by atoms with van der Waals surface area (Å²) in [6, 6.07) is 52.9. The van der Waals surface area contributed by atoms with Gasteiger partial charge in [-0.2, -0.15) is 0 Å². The summed E-state index contributed by atoms with van der Waals surface area (Å²) >= 11 is 2.28. The molecule has 0 aliphatic heterocycles. The molecule has 22 heteroatoms. The molecule has 14 aromatic rings. The van der Waals surface area contributed by atoms with Crippen molar-refractivity contribution >= 4 is 181 Å². The lowest BCUT2D eigenvalue weighted by atomic mass is 9.97. The molecular weight excluding hydrogens is 1450 g/mol. The third kappa shape index (κ3) is 15.0. The molecule has 0 spiro atoms. The van der Waals surface area contributed by atoms with Crippen molar-refractivity contribution < 1.29 is 57.7 Å². The number of unbranched alkanes of at least 4 members (excludes halogenated alkanes) is 4. The summed E-state index contributed by atoms with van der Waals surface area (Å²) in [5.74, 6) is -1.81. The van der Waals surface area contributed by atoms with Gasteiger partial charge in [0.05, 0.1) is 42.4 Å². The van der Waals surface area contributed by atoms with Crippen molar-refractivity contribution in [1.82, 2.24) is 18.3 Å². The molecule has 0 aliphatic rings. The number of hydrogen-bond donors (Lipinski definition) is 0. The standard InChI is InChI=1S/C90H82N8O12S2/c1-9-15-17-19-85(101)109-92-54(8)56-22-32-74-64(44-56)68-48-60(26-36-78(68)96(74)12-4)88(104)82-40-42-84(112-82)90(106)62-28-38-80-70(50-62)66-46-58(24-34-76(66)98(80)14-6)72(94-110-86(102)20-18-16-10-2)30-29-71(93-108-52-100)57-23-33-75-65(45-57)69-49-61(27-37-79(69)97(75)13-5)89(105)83-41-39-81(111-83)87(103)59-25-35-77-67(47-59)63-43-55(53(7)91-107-51-99)21-31-73(63)95(77)11-3/h21-28,31-52H,9-20,29-30H2,1-8H3/b91-53-,92-54-,93-71-,94-72-. The first-order valence-corrected chi connectivity index (χ1v) is 39.6. The number of nitrogens with zero attached hydrogens (tertiary/aromatic N) is 8. The Labute approximate surface area is 653 Å². The maximum Gasteiger partial charge on any atom is 0.335 e. The fourth-order valence-electron chi connectivity index (χ4n) is 15.3. The van der Waals surface area contributed by atoms with Gasteiger partial charge >= 0.3 is 24.9 Å². The van der Waals surface area contributed by atoms with Crippen LogP contribution in [0.5, 0.6) is 0 Å². The maximum absolute atomic E-state index is 14.7. The zero-order valence-electron chi connectivity index (χ0n) is 63.5. The van der Waals surface area contributed by atoms with E-state index in [1.165, 1.54) is 0 Å². The highest BCUT2D eigenvalue weighted by Crippen LogP contribution is 2.39. The Kier molecular flexibility index (Phi) is 22.8. The number of ketones is 4. The van der Waals surface area contributed by atoms with Crippen LogP contribution in [0, 0.1) is 0 Å². The van der Waals surface area contributed by atoms with Gasteiger partial charge in [0.1, 0.15) is 0 Å². The van der Waals surface area contributed by atoms with E-state index < -0.39 is 5.97 Å². The average molecular weight is 1530 g/mol. The second-order valence-electron chi connectivity index (χ2n) is 27.7. The molecular formula is C90H82N8O12S2. The quantitative estimate of drug-likeness (QED) is 0.00931. The Bertz CT molecular complexity index is 6290. The van der Waals surface area contributed by atoms with Gasteiger partial charge in [-0.05, 0) is 224 Å². The molecule has 0 fully saturated rings. The number of oxime groups is 4. The van der Waals surface area contributed by atoms with Gasteiger partial charge in [-0.25, -0.2) is 9.59 Å². The van der Waals surface area contributed by atoms with E-state index in [2.05, 4.69) is 78.3 Å². The number of rotatable bonds is 33. The van der Waals surface area contributed by atoms with Crippen molar-refractivity contribution in [2.75, 3.05) is 0 Å². The number of aromatic nitrogens is 4. The molecule has 14 rings (SSSR count). The van der Waals surface area contributed by atoms with Crippen LogP contribution in [-0.2, 0) is 64.7 Å². The van der Waals surface area contributed by atoms with Crippen LogP contribution in [0.15, 0.2) is 190 Å². The van der Waals surface area contributed by atoms with E-state index in [-0.39, 0.29) is 61.3 Å². The Balaban J connectivity index is 0.730. The molecule has 0 N–H and O–H groups in total. The molecule has 8 aromatic carbocycles. The van der Waals surface area contributed by atoms with Crippen molar-refractivity contribution in [3.05, 3.63) is 234 Å². The van der Waals surface area contributed by atoms with Gasteiger partial charge in [-0.15, -0.1) is 22.7 Å². The summed E-state index contributed by atoms with van der Waals surface area (Å²) in [5, 5.41) is 23.8. The Morgan fingerprint density at radius 2 is 0.571 bits per heavy atom. The predicted octanol–water partition coefficient (Wildman–Crippen LogP) is 20.2. The van der Waals surface area contributed by atoms with E-state index in [9.17, 15) is 38.4 Å². The number of benzene rings is 8. The van der Waals surface area contributed by atoms with E-state index in [0.717, 1.165) is 153 Å². The van der Waals surface area contributed by atoms with E-state index in [0.29, 0.717) is 115 Å². The van der Waals surface area contributed by atoms with Crippen molar-refractivity contribution in [1.29, 1.82) is 0 Å². The molecule has 0 saturated carbocycles. The third-order valence-corrected chi connectivity index (χ3v) is 23.1. The predicted molar refractivity (Wildman–Crippen MR) is 444 cm³/mol. The highest BCUT2D eigenvalue weighted by molar-refractivity contribution is 7.16. The molecule has 0 atom stereocenters. The van der Waals surface area contributed by atoms with Gasteiger partial charge in [0, 0.05) is 160 Å². The molecule has 0 amide bonds. The minimum Gasteiger partial charge on any atom is -0.341 e. The normalized spacial score (nSPS) is 12.4. The van der Waals surface area contributed by atoms with Crippen LogP contribution >= 0.6 is 22.7 Å². The van der Waals surface area contributed by atoms with E-state index in [1.807, 2.05) is 146 Å². The van der Waals surface area contributed by atoms with Gasteiger partial charge < -0.3 is 37.6 Å². The van der Waals surface area contributed by atoms with Gasteiger partial charge in [-0.1, -0.05) is 84.4 Å². The number of thiophene rings is 2. The topological polar surface area (TPSA) is 243 Å². The minimum atomic E-state index is -0.487. The lowest BCUT2D eigenvalue weighted by Crippen LogP contribution is -2.10. The maximum atomic E-state index is 14.7. The molecule has 0 radical (unpaired) electrons. The second-order valence-corrected chi connectivity index (χ2v) is 29.8. The summed E-state index contributed by atoms with van der Waals surface area (Å²) in [6.45, 7) is 19.0. The van der Waals surface area contributed by atoms with Gasteiger partial charge in [0.25, 0.3) is 0 Å². The largest absolute Gasteiger partial charge is 0.341 e. The lowest BCUT2D eigenvalue weighted by molar-refractivity contribution is -0.144. The molecule has 6 aromatic heterocycles. The Hall–Kier alpha value is -12.4. The molecule has 566 valence electrons. The van der Waals surface area contributed by atoms with Crippen LogP contribution in [0.4, 0.5) is 0 Å². The highest BCUT2D eigenvalue weighted by atomic mass is 32.1. The lowest BCUT2D eigenvalue weighted by Gasteiger charge is -2.10. The zero-order chi connectivity index (χ0) is 78.4. The number of aryl methyl sites for hydroxylation is 4. The van der Waals surface area contributed by atoms with Crippen molar-refractivity contribution in [3.8, 4) is 0 Å². The zero-order valence-corrected chi connectivity index (χ0v) is 65.1. The summed E-state index contributed by atoms with van der Waals surface area (Å²) in [6.07, 6.45) is 5.84. The first kappa shape index (κ1) is 76.4. The molecule has 0 saturated heterocycles. The van der Waals surface area contributed by atoms with E-state index >= 15 is 0 Å². The van der Waals surface area contributed by atoms with Crippen LogP contribution in [0.3, 0.4) is 0 Å². The molecule has 0 aliphatic carbocycles. The van der Waals surface area contributed by atoms with Crippen molar-refractivity contribution in [2.45, 2.75) is 146 Å². The van der Waals surface area contributed by atoms with Gasteiger partial charge in [0.2, 0.25) is 23.1 Å². The van der Waals surface area contributed by atoms with Crippen LogP contribution in [0.2, 0.25) is 0 Å². The summed E-state index contributed by atoms with van der Waals surface area (Å²) in [5.41, 5.74) is 13.9. The minimum absolute atomic E-state index is 0.152. The number of carbonyl (C=O) groups is 8. The number of fused-ring (bicyclic) bond motifs is 12. The number of hydrogen-bond acceptors (Lipinski definition) is 18. The molecule has 20 nitrogen and oxygen atoms in total. The fraction of sp³-hybridized carbons (Fsp3) is 0.244. The average Bonchev–Trinajstić information content (AvgIpc) is 1.51. The van der Waals surface area contributed by atoms with Crippen molar-refractivity contribution in [3.63, 3.8) is 0 Å². The SMILES string of the molecule is CCCCCC(=O)O/N=C(/C)c1ccc2c(c1)c1cc(C(=O)c3ccc(C(=O)c4ccc5c(c4)c4cc(/C(CC/C(=N/OC=O)c6ccc7c(c6)c6cc(C(=O)c8ccc(C(=O)c9ccc%10c(c9)c9cc(/C(C)=N\OC=O)ccc9n%10CC)s8)ccc6n7CC)=N\OC(=O)CCCCC)ccc4n5CC)s3)ccc1n2CC. The molecule has 112 heavy (non-hydrogen) atoms. The van der Waals surface area contributed by atoms with Crippen LogP contribution in [-0.4, -0.2) is 89.1 Å². The van der Waals surface area contributed by atoms with E-state index in [4.69, 9.17) is 14.5 Å². The summed E-state index contributed by atoms with van der Waals surface area (Å²) < 4.78 is 8.69. The van der Waals surface area contributed by atoms with Crippen molar-refractivity contribution in [2.24, 2.45) is 20.6 Å². The second kappa shape index (κ2) is 33.4. The third-order valence-electron chi connectivity index (χ3n) is 20.9. The first-order chi connectivity index (χ1) is 54.5. The number of carbonyl (C=O) groups excluding carboxylic acids is 8. The molecule has 0 unspecified atom stereocenters. The van der Waals surface area contributed by atoms with Crippen LogP contribution < -0.4 is 0 Å². The summed E-state index contributed by atoms with van der Waals surface area (Å²) in [7, 11) is 0. The van der Waals surface area contributed by atoms with Gasteiger partial charge in [0.15, 0.2) is 0 Å². The van der Waals surface area contributed by atoms with Gasteiger partial charge in [-0.3, -0.25) is 28.8 Å².